The van der Waals surface area contributed by atoms with Crippen molar-refractivity contribution in [2.75, 3.05) is 5.17 Å². The van der Waals surface area contributed by atoms with Crippen molar-refractivity contribution in [3.05, 3.63) is 29.5 Å². The minimum absolute atomic E-state index is 0.454. The Morgan fingerprint density at radius 3 is 2.92 bits per heavy atom. The van der Waals surface area contributed by atoms with E-state index in [-0.39, 0.29) is 0 Å². The fraction of sp³-hybridized carbons (Fsp3) is 0. The first-order valence-corrected chi connectivity index (χ1v) is 3.68. The molecule has 4 nitrogen and oxygen atoms in total. The molecule has 2 rings (SSSR count). The zero-order valence-corrected chi connectivity index (χ0v) is 6.77. The van der Waals surface area contributed by atoms with Crippen LogP contribution in [0.5, 0.6) is 0 Å². The first-order chi connectivity index (χ1) is 5.79. The van der Waals surface area contributed by atoms with Gasteiger partial charge in [0, 0.05) is 11.8 Å². The van der Waals surface area contributed by atoms with Crippen LogP contribution in [0.4, 0.5) is 11.4 Å². The Kier molecular flexibility index (Phi) is 1.64. The summed E-state index contributed by atoms with van der Waals surface area (Å²) < 4.78 is 0.863. The molecule has 12 heavy (non-hydrogen) atoms. The number of para-hydroxylation sites is 2. The minimum atomic E-state index is 0.454. The number of halogens is 1. The number of hydrogen-bond donors (Lipinski definition) is 0. The third-order valence-corrected chi connectivity index (χ3v) is 1.78. The van der Waals surface area contributed by atoms with E-state index in [2.05, 4.69) is 4.99 Å². The Bertz CT molecular complexity index is 328. The van der Waals surface area contributed by atoms with Crippen LogP contribution in [-0.2, 0) is 0 Å². The number of benzene rings is 1. The van der Waals surface area contributed by atoms with E-state index in [1.54, 1.807) is 18.2 Å². The average molecular weight is 183 g/mol. The van der Waals surface area contributed by atoms with Crippen molar-refractivity contribution in [1.82, 2.24) is 4.53 Å². The molecule has 0 saturated carbocycles. The molecule has 5 heteroatoms. The molecule has 0 N–H and O–H groups in total. The highest BCUT2D eigenvalue weighted by atomic mass is 35.5. The highest BCUT2D eigenvalue weighted by Gasteiger charge is 2.10. The van der Waals surface area contributed by atoms with Crippen LogP contribution >= 0.6 is 11.8 Å². The molecule has 0 spiro atoms. The van der Waals surface area contributed by atoms with E-state index in [9.17, 15) is 5.21 Å². The lowest BCUT2D eigenvalue weighted by molar-refractivity contribution is 0.675. The maximum absolute atomic E-state index is 11.2. The summed E-state index contributed by atoms with van der Waals surface area (Å²) in [5, 5.41) is 11.8. The molecule has 1 aliphatic rings. The monoisotopic (exact) mass is 182 g/mol. The summed E-state index contributed by atoms with van der Waals surface area (Å²) in [6.45, 7) is 0. The Morgan fingerprint density at radius 1 is 1.33 bits per heavy atom. The zero-order valence-electron chi connectivity index (χ0n) is 6.01. The zero-order chi connectivity index (χ0) is 8.55. The number of fused-ring (bicyclic) bond motifs is 1. The standard InChI is InChI=1S/C7H5ClN3O/c8-10-5-9-6-3-1-2-4-7(6)11(10)12/h1-5H/q-1. The second-order valence-electron chi connectivity index (χ2n) is 2.29. The van der Waals surface area contributed by atoms with Crippen molar-refractivity contribution < 1.29 is 0 Å². The Hall–Kier alpha value is -1.26. The molecule has 1 heterocycles. The maximum atomic E-state index is 11.2. The predicted octanol–water partition coefficient (Wildman–Crippen LogP) is 2.04. The van der Waals surface area contributed by atoms with Gasteiger partial charge in [-0.1, -0.05) is 12.1 Å². The Morgan fingerprint density at radius 2 is 2.08 bits per heavy atom. The lowest BCUT2D eigenvalue weighted by atomic mass is 10.3. The lowest BCUT2D eigenvalue weighted by Crippen LogP contribution is -2.31. The smallest absolute Gasteiger partial charge is 0.128 e. The van der Waals surface area contributed by atoms with Gasteiger partial charge in [0.1, 0.15) is 6.34 Å². The van der Waals surface area contributed by atoms with Crippen molar-refractivity contribution in [2.45, 2.75) is 0 Å². The Labute approximate surface area is 74.3 Å². The maximum Gasteiger partial charge on any atom is 0.128 e. The van der Waals surface area contributed by atoms with Crippen LogP contribution in [0.25, 0.3) is 0 Å². The van der Waals surface area contributed by atoms with Gasteiger partial charge in [-0.2, -0.15) is 4.53 Å². The van der Waals surface area contributed by atoms with Gasteiger partial charge in [-0.15, -0.1) is 0 Å². The molecule has 0 radical (unpaired) electrons. The molecule has 1 aromatic carbocycles. The van der Waals surface area contributed by atoms with Crippen LogP contribution < -0.4 is 5.17 Å². The van der Waals surface area contributed by atoms with E-state index in [0.717, 1.165) is 4.53 Å². The van der Waals surface area contributed by atoms with Crippen LogP contribution in [0.1, 0.15) is 0 Å². The number of hydrazine groups is 1. The number of rotatable bonds is 0. The second kappa shape index (κ2) is 2.66. The minimum Gasteiger partial charge on any atom is -0.737 e. The number of aliphatic imine (C=N–C) groups is 1. The third kappa shape index (κ3) is 1.01. The summed E-state index contributed by atoms with van der Waals surface area (Å²) in [5.41, 5.74) is 1.08. The fourth-order valence-corrected chi connectivity index (χ4v) is 1.12. The first kappa shape index (κ1) is 7.39. The van der Waals surface area contributed by atoms with E-state index < -0.39 is 0 Å². The van der Waals surface area contributed by atoms with Crippen LogP contribution in [0.15, 0.2) is 29.3 Å². The molecule has 0 amide bonds. The van der Waals surface area contributed by atoms with E-state index in [1.807, 2.05) is 6.07 Å². The summed E-state index contributed by atoms with van der Waals surface area (Å²) in [6.07, 6.45) is 1.26. The molecule has 0 aromatic heterocycles. The van der Waals surface area contributed by atoms with Crippen molar-refractivity contribution in [2.24, 2.45) is 4.99 Å². The SMILES string of the molecule is [O-]N1c2ccccc2N=CN1Cl. The van der Waals surface area contributed by atoms with Crippen LogP contribution in [-0.4, -0.2) is 10.9 Å². The largest absolute Gasteiger partial charge is 0.737 e. The number of nitrogens with zero attached hydrogens (tertiary/aromatic N) is 3. The van der Waals surface area contributed by atoms with Crippen molar-refractivity contribution >= 4 is 29.5 Å². The van der Waals surface area contributed by atoms with Crippen LogP contribution in [0.3, 0.4) is 0 Å². The molecule has 0 fully saturated rings. The highest BCUT2D eigenvalue weighted by molar-refractivity contribution is 6.20. The molecule has 62 valence electrons. The molecule has 0 atom stereocenters. The molecular formula is C7H5ClN3O-. The number of hydrogen-bond acceptors (Lipinski definition) is 4. The molecule has 0 unspecified atom stereocenters. The highest BCUT2D eigenvalue weighted by Crippen LogP contribution is 2.31. The van der Waals surface area contributed by atoms with Gasteiger partial charge in [0.2, 0.25) is 0 Å². The Balaban J connectivity index is 2.52. The molecule has 1 aliphatic heterocycles. The van der Waals surface area contributed by atoms with E-state index in [4.69, 9.17) is 11.8 Å². The second-order valence-corrected chi connectivity index (χ2v) is 2.64. The summed E-state index contributed by atoms with van der Waals surface area (Å²) in [5.74, 6) is 0. The molecular weight excluding hydrogens is 178 g/mol. The van der Waals surface area contributed by atoms with Crippen LogP contribution in [0, 0.1) is 5.21 Å². The van der Waals surface area contributed by atoms with Crippen LogP contribution in [0.2, 0.25) is 0 Å². The van der Waals surface area contributed by atoms with Gasteiger partial charge >= 0.3 is 0 Å². The van der Waals surface area contributed by atoms with Gasteiger partial charge in [-0.25, -0.2) is 4.99 Å². The fourth-order valence-electron chi connectivity index (χ4n) is 0.995. The van der Waals surface area contributed by atoms with E-state index in [0.29, 0.717) is 16.5 Å². The van der Waals surface area contributed by atoms with Gasteiger partial charge in [-0.05, 0) is 12.1 Å². The third-order valence-electron chi connectivity index (χ3n) is 1.55. The quantitative estimate of drug-likeness (QED) is 0.577. The van der Waals surface area contributed by atoms with E-state index in [1.165, 1.54) is 6.34 Å². The first-order valence-electron chi connectivity index (χ1n) is 3.34. The van der Waals surface area contributed by atoms with Gasteiger partial charge in [0.25, 0.3) is 0 Å². The van der Waals surface area contributed by atoms with Gasteiger partial charge < -0.3 is 10.4 Å². The summed E-state index contributed by atoms with van der Waals surface area (Å²) in [6, 6.07) is 6.98. The molecule has 0 aliphatic carbocycles. The van der Waals surface area contributed by atoms with Gasteiger partial charge in [0.15, 0.2) is 0 Å². The summed E-state index contributed by atoms with van der Waals surface area (Å²) in [7, 11) is 0. The van der Waals surface area contributed by atoms with Gasteiger partial charge in [0.05, 0.1) is 11.4 Å². The molecule has 0 saturated heterocycles. The average Bonchev–Trinajstić information content (AvgIpc) is 2.12. The predicted molar refractivity (Wildman–Crippen MR) is 48.1 cm³/mol. The molecule has 1 aromatic rings. The summed E-state index contributed by atoms with van der Waals surface area (Å²) >= 11 is 5.49. The topological polar surface area (TPSA) is 41.9 Å². The van der Waals surface area contributed by atoms with Crippen molar-refractivity contribution in [1.29, 1.82) is 0 Å². The lowest BCUT2D eigenvalue weighted by Gasteiger charge is -2.37. The van der Waals surface area contributed by atoms with Crippen molar-refractivity contribution in [3.8, 4) is 0 Å². The summed E-state index contributed by atoms with van der Waals surface area (Å²) in [4.78, 5) is 3.95. The number of anilines is 1. The van der Waals surface area contributed by atoms with Gasteiger partial charge in [-0.3, -0.25) is 0 Å². The van der Waals surface area contributed by atoms with Crippen molar-refractivity contribution in [3.63, 3.8) is 0 Å². The normalized spacial score (nSPS) is 14.8. The molecule has 0 bridgehead atoms. The van der Waals surface area contributed by atoms with E-state index >= 15 is 0 Å².